The van der Waals surface area contributed by atoms with Crippen LogP contribution in [0.5, 0.6) is 0 Å². The highest BCUT2D eigenvalue weighted by Gasteiger charge is 2.35. The van der Waals surface area contributed by atoms with Crippen LogP contribution in [0, 0.1) is 0 Å². The highest BCUT2D eigenvalue weighted by molar-refractivity contribution is 5.87. The first-order valence-corrected chi connectivity index (χ1v) is 21.7. The molecule has 1 aliphatic heterocycles. The molecule has 1 heterocycles. The monoisotopic (exact) mass is 809 g/mol. The molecule has 2 aliphatic rings. The van der Waals surface area contributed by atoms with E-state index in [1.165, 1.54) is 39.3 Å². The van der Waals surface area contributed by atoms with E-state index in [1.54, 1.807) is 0 Å². The number of rotatable bonds is 12. The number of nitrogens with zero attached hydrogens (tertiary/aromatic N) is 2. The molecular weight excluding hydrogens is 763 g/mol. The summed E-state index contributed by atoms with van der Waals surface area (Å²) in [5, 5.41) is 3.73. The maximum Gasteiger partial charge on any atom is 0.0497 e. The maximum absolute atomic E-state index is 3.73. The molecule has 0 radical (unpaired) electrons. The molecule has 0 bridgehead atoms. The lowest BCUT2D eigenvalue weighted by atomic mass is 9.90. The minimum atomic E-state index is 0.287. The summed E-state index contributed by atoms with van der Waals surface area (Å²) in [5.41, 5.74) is 17.4. The summed E-state index contributed by atoms with van der Waals surface area (Å²) in [7, 11) is 0. The fourth-order valence-corrected chi connectivity index (χ4v) is 8.76. The number of para-hydroxylation sites is 2. The molecular formula is C60H47N3. The Kier molecular flexibility index (Phi) is 11.3. The van der Waals surface area contributed by atoms with E-state index in [2.05, 4.69) is 270 Å². The van der Waals surface area contributed by atoms with Crippen LogP contribution in [-0.4, -0.2) is 0 Å². The second-order valence-corrected chi connectivity index (χ2v) is 15.8. The van der Waals surface area contributed by atoms with Crippen molar-refractivity contribution in [1.82, 2.24) is 0 Å². The van der Waals surface area contributed by atoms with Gasteiger partial charge in [-0.2, -0.15) is 0 Å². The van der Waals surface area contributed by atoms with Gasteiger partial charge in [0.2, 0.25) is 0 Å². The van der Waals surface area contributed by atoms with Gasteiger partial charge in [-0.25, -0.2) is 0 Å². The summed E-state index contributed by atoms with van der Waals surface area (Å²) in [6.45, 7) is 0. The molecule has 10 rings (SSSR count). The number of nitrogens with one attached hydrogen (secondary N) is 1. The van der Waals surface area contributed by atoms with Crippen LogP contribution in [0.2, 0.25) is 0 Å². The first kappa shape index (κ1) is 39.0. The van der Waals surface area contributed by atoms with Gasteiger partial charge in [-0.15, -0.1) is 0 Å². The zero-order chi connectivity index (χ0) is 42.2. The van der Waals surface area contributed by atoms with Crippen molar-refractivity contribution in [3.8, 4) is 22.3 Å². The Labute approximate surface area is 371 Å². The van der Waals surface area contributed by atoms with E-state index >= 15 is 0 Å². The molecule has 302 valence electrons. The Hall–Kier alpha value is -8.14. The fraction of sp³-hybridized carbons (Fsp3) is 0.0333. The van der Waals surface area contributed by atoms with Gasteiger partial charge in [0.25, 0.3) is 0 Å². The van der Waals surface area contributed by atoms with Crippen molar-refractivity contribution in [2.45, 2.75) is 12.3 Å². The van der Waals surface area contributed by atoms with Crippen LogP contribution in [0.25, 0.3) is 33.9 Å². The van der Waals surface area contributed by atoms with E-state index in [0.29, 0.717) is 0 Å². The molecule has 0 spiro atoms. The van der Waals surface area contributed by atoms with Crippen molar-refractivity contribution in [2.75, 3.05) is 15.1 Å². The maximum atomic E-state index is 3.73. The van der Waals surface area contributed by atoms with E-state index in [0.717, 1.165) is 51.4 Å². The highest BCUT2D eigenvalue weighted by Crippen LogP contribution is 2.52. The van der Waals surface area contributed by atoms with Crippen LogP contribution >= 0.6 is 0 Å². The number of fused-ring (bicyclic) bond motifs is 3. The predicted octanol–water partition coefficient (Wildman–Crippen LogP) is 16.3. The molecule has 3 heteroatoms. The van der Waals surface area contributed by atoms with E-state index < -0.39 is 0 Å². The molecule has 3 nitrogen and oxygen atoms in total. The Morgan fingerprint density at radius 3 is 1.98 bits per heavy atom. The Morgan fingerprint density at radius 2 is 1.21 bits per heavy atom. The molecule has 63 heavy (non-hydrogen) atoms. The second kappa shape index (κ2) is 18.2. The summed E-state index contributed by atoms with van der Waals surface area (Å²) in [5.74, 6) is 0.287. The standard InChI is InChI=1S/C60H47N3/c1-6-20-45(21-7-1)22-18-27-48(46-23-8-2-9-24-46)38-39-61-52-40-51(50-36-37-60-58(43-50)57-34-16-17-35-59(57)63(60)54-31-14-5-15-32-54)42-56(44-52)62(53-29-12-4-13-30-53)55-33-19-28-49(41-55)47-25-10-3-11-26-47/h1-33,35-44,57,61H,34H2/b22-18-,39-38+,48-27+. The zero-order valence-electron chi connectivity index (χ0n) is 35.0. The molecule has 0 fully saturated rings. The number of benzene rings is 8. The van der Waals surface area contributed by atoms with Crippen LogP contribution in [0.1, 0.15) is 29.0 Å². The van der Waals surface area contributed by atoms with Crippen molar-refractivity contribution in [3.63, 3.8) is 0 Å². The summed E-state index contributed by atoms with van der Waals surface area (Å²) >= 11 is 0. The van der Waals surface area contributed by atoms with Crippen LogP contribution in [0.15, 0.2) is 261 Å². The van der Waals surface area contributed by atoms with Gasteiger partial charge in [-0.1, -0.05) is 176 Å². The van der Waals surface area contributed by atoms with Crippen molar-refractivity contribution in [1.29, 1.82) is 0 Å². The summed E-state index contributed by atoms with van der Waals surface area (Å²) < 4.78 is 0. The molecule has 1 N–H and O–H groups in total. The van der Waals surface area contributed by atoms with E-state index in [9.17, 15) is 0 Å². The van der Waals surface area contributed by atoms with Gasteiger partial charge in [0.05, 0.1) is 0 Å². The molecule has 1 unspecified atom stereocenters. The number of allylic oxidation sites excluding steroid dienone is 8. The van der Waals surface area contributed by atoms with Crippen molar-refractivity contribution >= 4 is 45.8 Å². The smallest absolute Gasteiger partial charge is 0.0497 e. The molecule has 1 aliphatic carbocycles. The summed E-state index contributed by atoms with van der Waals surface area (Å²) in [6.07, 6.45) is 18.4. The van der Waals surface area contributed by atoms with Crippen LogP contribution in [-0.2, 0) is 0 Å². The van der Waals surface area contributed by atoms with Crippen LogP contribution in [0.3, 0.4) is 0 Å². The van der Waals surface area contributed by atoms with Crippen LogP contribution < -0.4 is 15.1 Å². The molecule has 8 aromatic carbocycles. The second-order valence-electron chi connectivity index (χ2n) is 15.8. The first-order chi connectivity index (χ1) is 31.2. The van der Waals surface area contributed by atoms with Crippen LogP contribution in [0.4, 0.5) is 34.1 Å². The van der Waals surface area contributed by atoms with Gasteiger partial charge in [-0.3, -0.25) is 0 Å². The first-order valence-electron chi connectivity index (χ1n) is 21.7. The quantitative estimate of drug-likeness (QED) is 0.124. The SMILES string of the molecule is C1=CCC2C(=C1)N(c1ccccc1)c1ccc(-c3cc(N/C=C/C(=C\C=C/c4ccccc4)c4ccccc4)cc(N(c4ccccc4)c4cccc(-c5ccccc5)c4)c3)cc12. The normalized spacial score (nSPS) is 14.4. The van der Waals surface area contributed by atoms with E-state index in [4.69, 9.17) is 0 Å². The molecule has 0 aromatic heterocycles. The minimum Gasteiger partial charge on any atom is -0.362 e. The molecule has 8 aromatic rings. The average molecular weight is 810 g/mol. The number of anilines is 6. The number of hydrogen-bond acceptors (Lipinski definition) is 3. The average Bonchev–Trinajstić information content (AvgIpc) is 3.69. The van der Waals surface area contributed by atoms with Gasteiger partial charge in [0.15, 0.2) is 0 Å². The largest absolute Gasteiger partial charge is 0.362 e. The fourth-order valence-electron chi connectivity index (χ4n) is 8.76. The lowest BCUT2D eigenvalue weighted by Gasteiger charge is -2.27. The minimum absolute atomic E-state index is 0.287. The third-order valence-corrected chi connectivity index (χ3v) is 11.8. The Balaban J connectivity index is 1.08. The molecule has 1 atom stereocenters. The van der Waals surface area contributed by atoms with Crippen molar-refractivity contribution in [2.24, 2.45) is 0 Å². The van der Waals surface area contributed by atoms with Crippen molar-refractivity contribution < 1.29 is 0 Å². The lowest BCUT2D eigenvalue weighted by Crippen LogP contribution is -2.14. The Morgan fingerprint density at radius 1 is 0.556 bits per heavy atom. The van der Waals surface area contributed by atoms with Gasteiger partial charge in [0, 0.05) is 51.9 Å². The third kappa shape index (κ3) is 8.59. The summed E-state index contributed by atoms with van der Waals surface area (Å²) in [6, 6.07) is 75.7. The summed E-state index contributed by atoms with van der Waals surface area (Å²) in [4.78, 5) is 4.80. The molecule has 0 saturated heterocycles. The van der Waals surface area contributed by atoms with E-state index in [-0.39, 0.29) is 5.92 Å². The van der Waals surface area contributed by atoms with E-state index in [1.807, 2.05) is 6.07 Å². The molecule has 0 amide bonds. The zero-order valence-corrected chi connectivity index (χ0v) is 35.0. The van der Waals surface area contributed by atoms with Gasteiger partial charge < -0.3 is 15.1 Å². The Bertz CT molecular complexity index is 2980. The highest BCUT2D eigenvalue weighted by atomic mass is 15.2. The van der Waals surface area contributed by atoms with Gasteiger partial charge in [-0.05, 0) is 130 Å². The lowest BCUT2D eigenvalue weighted by molar-refractivity contribution is 0.820. The third-order valence-electron chi connectivity index (χ3n) is 11.8. The topological polar surface area (TPSA) is 18.5 Å². The predicted molar refractivity (Wildman–Crippen MR) is 268 cm³/mol. The van der Waals surface area contributed by atoms with Gasteiger partial charge >= 0.3 is 0 Å². The number of hydrogen-bond donors (Lipinski definition) is 1. The van der Waals surface area contributed by atoms with Crippen molar-refractivity contribution in [3.05, 3.63) is 277 Å². The van der Waals surface area contributed by atoms with Gasteiger partial charge in [0.1, 0.15) is 0 Å². The molecule has 0 saturated carbocycles.